The number of pyridine rings is 1. The Kier molecular flexibility index (Phi) is 3.83. The van der Waals surface area contributed by atoms with Gasteiger partial charge >= 0.3 is 0 Å². The van der Waals surface area contributed by atoms with Gasteiger partial charge in [0.25, 0.3) is 0 Å². The van der Waals surface area contributed by atoms with Crippen LogP contribution in [-0.4, -0.2) is 26.6 Å². The topological polar surface area (TPSA) is 44.8 Å². The second kappa shape index (κ2) is 5.75. The van der Waals surface area contributed by atoms with Gasteiger partial charge in [0.05, 0.1) is 17.9 Å². The van der Waals surface area contributed by atoms with Gasteiger partial charge in [-0.2, -0.15) is 5.10 Å². The SMILES string of the molecule is Cc1ccc(CN2CCCC[C@H]2c2[nH]ncc2C)cn1. The third-order valence-electron chi connectivity index (χ3n) is 4.17. The summed E-state index contributed by atoms with van der Waals surface area (Å²) >= 11 is 0. The van der Waals surface area contributed by atoms with E-state index in [2.05, 4.69) is 39.1 Å². The van der Waals surface area contributed by atoms with Crippen molar-refractivity contribution in [1.82, 2.24) is 20.1 Å². The summed E-state index contributed by atoms with van der Waals surface area (Å²) in [4.78, 5) is 6.96. The first kappa shape index (κ1) is 13.3. The standard InChI is InChI=1S/C16H22N4/c1-12-9-18-19-16(12)15-5-3-4-8-20(15)11-14-7-6-13(2)17-10-14/h6-7,9-10,15H,3-5,8,11H2,1-2H3,(H,18,19)/t15-/m0/s1. The van der Waals surface area contributed by atoms with Gasteiger partial charge in [-0.15, -0.1) is 0 Å². The van der Waals surface area contributed by atoms with Crippen molar-refractivity contribution in [1.29, 1.82) is 0 Å². The van der Waals surface area contributed by atoms with Gasteiger partial charge in [-0.3, -0.25) is 15.0 Å². The summed E-state index contributed by atoms with van der Waals surface area (Å²) in [5.41, 5.74) is 4.92. The minimum Gasteiger partial charge on any atom is -0.290 e. The van der Waals surface area contributed by atoms with Crippen LogP contribution in [0, 0.1) is 13.8 Å². The Morgan fingerprint density at radius 2 is 2.15 bits per heavy atom. The first-order chi connectivity index (χ1) is 9.74. The lowest BCUT2D eigenvalue weighted by Gasteiger charge is -2.35. The van der Waals surface area contributed by atoms with E-state index in [0.717, 1.165) is 18.8 Å². The van der Waals surface area contributed by atoms with Gasteiger partial charge in [-0.05, 0) is 50.4 Å². The maximum atomic E-state index is 4.40. The van der Waals surface area contributed by atoms with E-state index >= 15 is 0 Å². The predicted molar refractivity (Wildman–Crippen MR) is 79.3 cm³/mol. The van der Waals surface area contributed by atoms with E-state index in [1.807, 2.05) is 19.3 Å². The molecule has 0 amide bonds. The van der Waals surface area contributed by atoms with Crippen LogP contribution in [0.25, 0.3) is 0 Å². The van der Waals surface area contributed by atoms with Gasteiger partial charge in [0.1, 0.15) is 0 Å². The summed E-state index contributed by atoms with van der Waals surface area (Å²) in [6.07, 6.45) is 7.72. The molecule has 106 valence electrons. The van der Waals surface area contributed by atoms with E-state index in [0.29, 0.717) is 6.04 Å². The molecule has 20 heavy (non-hydrogen) atoms. The van der Waals surface area contributed by atoms with Crippen LogP contribution in [0.1, 0.15) is 47.8 Å². The van der Waals surface area contributed by atoms with Crippen LogP contribution in [0.5, 0.6) is 0 Å². The lowest BCUT2D eigenvalue weighted by Crippen LogP contribution is -2.33. The van der Waals surface area contributed by atoms with Crippen LogP contribution in [0.15, 0.2) is 24.5 Å². The second-order valence-corrected chi connectivity index (χ2v) is 5.76. The molecule has 1 aliphatic heterocycles. The molecule has 2 aromatic rings. The number of nitrogens with one attached hydrogen (secondary N) is 1. The van der Waals surface area contributed by atoms with Crippen molar-refractivity contribution in [3.63, 3.8) is 0 Å². The number of rotatable bonds is 3. The van der Waals surface area contributed by atoms with Crippen LogP contribution >= 0.6 is 0 Å². The van der Waals surface area contributed by atoms with Gasteiger partial charge in [0.2, 0.25) is 0 Å². The summed E-state index contributed by atoms with van der Waals surface area (Å²) in [5, 5.41) is 7.38. The number of nitrogens with zero attached hydrogens (tertiary/aromatic N) is 3. The normalized spacial score (nSPS) is 20.2. The number of H-pyrrole nitrogens is 1. The number of hydrogen-bond donors (Lipinski definition) is 1. The van der Waals surface area contributed by atoms with Crippen molar-refractivity contribution >= 4 is 0 Å². The largest absolute Gasteiger partial charge is 0.290 e. The minimum absolute atomic E-state index is 0.465. The second-order valence-electron chi connectivity index (χ2n) is 5.76. The van der Waals surface area contributed by atoms with Crippen LogP contribution in [0.4, 0.5) is 0 Å². The molecule has 1 fully saturated rings. The molecule has 0 aliphatic carbocycles. The average Bonchev–Trinajstić information content (AvgIpc) is 2.88. The maximum Gasteiger partial charge on any atom is 0.0553 e. The van der Waals surface area contributed by atoms with Crippen molar-refractivity contribution < 1.29 is 0 Å². The number of aromatic amines is 1. The van der Waals surface area contributed by atoms with Crippen molar-refractivity contribution in [2.45, 2.75) is 45.7 Å². The summed E-state index contributed by atoms with van der Waals surface area (Å²) in [6, 6.07) is 4.75. The maximum absolute atomic E-state index is 4.40. The van der Waals surface area contributed by atoms with Gasteiger partial charge in [-0.25, -0.2) is 0 Å². The Bertz CT molecular complexity index is 558. The van der Waals surface area contributed by atoms with E-state index in [-0.39, 0.29) is 0 Å². The highest BCUT2D eigenvalue weighted by molar-refractivity contribution is 5.20. The minimum atomic E-state index is 0.465. The molecule has 3 rings (SSSR count). The van der Waals surface area contributed by atoms with E-state index < -0.39 is 0 Å². The first-order valence-corrected chi connectivity index (χ1v) is 7.39. The molecular weight excluding hydrogens is 248 g/mol. The fraction of sp³-hybridized carbons (Fsp3) is 0.500. The fourth-order valence-corrected chi connectivity index (χ4v) is 3.03. The number of piperidine rings is 1. The summed E-state index contributed by atoms with van der Waals surface area (Å²) in [7, 11) is 0. The lowest BCUT2D eigenvalue weighted by molar-refractivity contribution is 0.136. The molecule has 0 radical (unpaired) electrons. The molecule has 0 bridgehead atoms. The smallest absolute Gasteiger partial charge is 0.0553 e. The summed E-state index contributed by atoms with van der Waals surface area (Å²) < 4.78 is 0. The van der Waals surface area contributed by atoms with E-state index in [4.69, 9.17) is 0 Å². The number of likely N-dealkylation sites (tertiary alicyclic amines) is 1. The zero-order valence-corrected chi connectivity index (χ0v) is 12.3. The molecule has 1 atom stereocenters. The molecule has 4 nitrogen and oxygen atoms in total. The molecule has 0 aromatic carbocycles. The Morgan fingerprint density at radius 1 is 1.25 bits per heavy atom. The quantitative estimate of drug-likeness (QED) is 0.932. The third-order valence-corrected chi connectivity index (χ3v) is 4.17. The first-order valence-electron chi connectivity index (χ1n) is 7.39. The molecule has 1 N–H and O–H groups in total. The van der Waals surface area contributed by atoms with Crippen LogP contribution < -0.4 is 0 Å². The Morgan fingerprint density at radius 3 is 2.85 bits per heavy atom. The third kappa shape index (κ3) is 2.75. The van der Waals surface area contributed by atoms with Crippen LogP contribution in [0.2, 0.25) is 0 Å². The predicted octanol–water partition coefficient (Wildman–Crippen LogP) is 3.15. The zero-order chi connectivity index (χ0) is 13.9. The van der Waals surface area contributed by atoms with Crippen molar-refractivity contribution in [3.05, 3.63) is 47.0 Å². The Labute approximate surface area is 120 Å². The summed E-state index contributed by atoms with van der Waals surface area (Å²) in [6.45, 7) is 6.29. The fourth-order valence-electron chi connectivity index (χ4n) is 3.03. The molecule has 3 heterocycles. The molecule has 0 unspecified atom stereocenters. The van der Waals surface area contributed by atoms with Crippen molar-refractivity contribution in [2.75, 3.05) is 6.54 Å². The van der Waals surface area contributed by atoms with Crippen LogP contribution in [-0.2, 0) is 6.54 Å². The average molecular weight is 270 g/mol. The van der Waals surface area contributed by atoms with Gasteiger partial charge in [-0.1, -0.05) is 12.5 Å². The number of hydrogen-bond acceptors (Lipinski definition) is 3. The van der Waals surface area contributed by atoms with Gasteiger partial charge in [0, 0.05) is 18.4 Å². The van der Waals surface area contributed by atoms with Gasteiger partial charge in [0.15, 0.2) is 0 Å². The van der Waals surface area contributed by atoms with E-state index in [1.54, 1.807) is 0 Å². The zero-order valence-electron chi connectivity index (χ0n) is 12.3. The highest BCUT2D eigenvalue weighted by Gasteiger charge is 2.26. The molecule has 4 heteroatoms. The lowest BCUT2D eigenvalue weighted by atomic mass is 9.97. The van der Waals surface area contributed by atoms with Crippen molar-refractivity contribution in [2.24, 2.45) is 0 Å². The molecule has 0 saturated carbocycles. The highest BCUT2D eigenvalue weighted by Crippen LogP contribution is 2.32. The van der Waals surface area contributed by atoms with E-state index in [9.17, 15) is 0 Å². The molecule has 0 spiro atoms. The van der Waals surface area contributed by atoms with Crippen molar-refractivity contribution in [3.8, 4) is 0 Å². The molecule has 2 aromatic heterocycles. The van der Waals surface area contributed by atoms with Gasteiger partial charge < -0.3 is 0 Å². The van der Waals surface area contributed by atoms with E-state index in [1.165, 1.54) is 36.1 Å². The number of aryl methyl sites for hydroxylation is 2. The van der Waals surface area contributed by atoms with Crippen LogP contribution in [0.3, 0.4) is 0 Å². The highest BCUT2D eigenvalue weighted by atomic mass is 15.2. The summed E-state index contributed by atoms with van der Waals surface area (Å²) in [5.74, 6) is 0. The molecular formula is C16H22N4. The Hall–Kier alpha value is -1.68. The molecule has 1 saturated heterocycles. The number of aromatic nitrogens is 3. The monoisotopic (exact) mass is 270 g/mol. The Balaban J connectivity index is 1.79. The molecule has 1 aliphatic rings.